The normalized spacial score (nSPS) is 18.8. The van der Waals surface area contributed by atoms with E-state index >= 15 is 0 Å². The van der Waals surface area contributed by atoms with Crippen LogP contribution in [0.2, 0.25) is 0 Å². The topological polar surface area (TPSA) is 12.5 Å². The number of rotatable bonds is 18. The molecule has 2 rings (SSSR count). The summed E-state index contributed by atoms with van der Waals surface area (Å²) in [6.45, 7) is 8.47. The first kappa shape index (κ1) is 34.2. The number of unbranched alkanes of at least 4 members (excludes halogenated alkanes) is 13. The number of benzene rings is 1. The monoisotopic (exact) mass is 592 g/mol. The zero-order chi connectivity index (χ0) is 26.1. The van der Waals surface area contributed by atoms with E-state index in [0.29, 0.717) is 0 Å². The molecule has 1 atom stereocenters. The van der Waals surface area contributed by atoms with Crippen molar-refractivity contribution in [3.05, 3.63) is 29.8 Å². The van der Waals surface area contributed by atoms with Crippen LogP contribution in [0.1, 0.15) is 109 Å². The lowest BCUT2D eigenvalue weighted by Gasteiger charge is -2.33. The lowest BCUT2D eigenvalue weighted by Crippen LogP contribution is -3.00. The molecule has 1 heterocycles. The molecule has 1 unspecified atom stereocenters. The van der Waals surface area contributed by atoms with Crippen LogP contribution in [0.25, 0.3) is 0 Å². The van der Waals surface area contributed by atoms with Crippen molar-refractivity contribution in [1.29, 1.82) is 0 Å². The van der Waals surface area contributed by atoms with Crippen molar-refractivity contribution in [2.75, 3.05) is 39.8 Å². The van der Waals surface area contributed by atoms with E-state index in [1.165, 1.54) is 109 Å². The van der Waals surface area contributed by atoms with Gasteiger partial charge in [0.1, 0.15) is 12.3 Å². The first-order valence-electron chi connectivity index (χ1n) is 14.7. The highest BCUT2D eigenvalue weighted by Crippen LogP contribution is 2.25. The molecule has 1 aromatic carbocycles. The second kappa shape index (κ2) is 19.3. The third kappa shape index (κ3) is 16.7. The van der Waals surface area contributed by atoms with Crippen LogP contribution in [0.3, 0.4) is 0 Å². The molecule has 0 aromatic heterocycles. The Morgan fingerprint density at radius 3 is 1.95 bits per heavy atom. The first-order chi connectivity index (χ1) is 17.3. The van der Waals surface area contributed by atoms with Gasteiger partial charge in [0.25, 0.3) is 0 Å². The van der Waals surface area contributed by atoms with Crippen molar-refractivity contribution in [3.63, 3.8) is 0 Å². The van der Waals surface area contributed by atoms with Gasteiger partial charge in [0.2, 0.25) is 0 Å². The molecule has 7 heteroatoms. The standard InChI is InChI=1S/C30H52F3N2O.BrH/c1-3-4-5-6-7-8-9-10-11-12-13-14-15-16-21-34-22-18-24-35(2,25-23-34)27-28-19-17-20-29(26-28)36-30(31,32)33;/h17,19-20,26H,3-16,18,21-25,27H2,1-2H3;1H/q+1;/p-1. The second-order valence-electron chi connectivity index (χ2n) is 11.2. The Kier molecular flexibility index (Phi) is 17.9. The Morgan fingerprint density at radius 2 is 1.38 bits per heavy atom. The largest absolute Gasteiger partial charge is 1.00 e. The highest BCUT2D eigenvalue weighted by atomic mass is 79.9. The molecule has 1 aromatic rings. The lowest BCUT2D eigenvalue weighted by atomic mass is 10.0. The van der Waals surface area contributed by atoms with Gasteiger partial charge in [0.05, 0.1) is 20.1 Å². The number of halogens is 4. The molecule has 0 amide bonds. The predicted molar refractivity (Wildman–Crippen MR) is 144 cm³/mol. The number of alkyl halides is 3. The van der Waals surface area contributed by atoms with Crippen molar-refractivity contribution in [2.45, 2.75) is 116 Å². The summed E-state index contributed by atoms with van der Waals surface area (Å²) in [4.78, 5) is 2.59. The van der Waals surface area contributed by atoms with Gasteiger partial charge in [-0.3, -0.25) is 4.90 Å². The fourth-order valence-corrected chi connectivity index (χ4v) is 5.48. The molecule has 1 aliphatic rings. The Bertz CT molecular complexity index is 704. The number of quaternary nitrogens is 1. The SMILES string of the molecule is CCCCCCCCCCCCCCCCN1CCC[N+](C)(Cc2cccc(OC(F)(F)F)c2)CC1.[Br-]. The van der Waals surface area contributed by atoms with Gasteiger partial charge in [0, 0.05) is 25.1 Å². The van der Waals surface area contributed by atoms with Crippen LogP contribution < -0.4 is 21.7 Å². The second-order valence-corrected chi connectivity index (χ2v) is 11.2. The highest BCUT2D eigenvalue weighted by molar-refractivity contribution is 5.28. The van der Waals surface area contributed by atoms with Crippen molar-refractivity contribution in [3.8, 4) is 5.75 Å². The van der Waals surface area contributed by atoms with E-state index < -0.39 is 6.36 Å². The minimum absolute atomic E-state index is 0. The van der Waals surface area contributed by atoms with E-state index in [0.717, 1.165) is 49.2 Å². The van der Waals surface area contributed by atoms with E-state index in [1.54, 1.807) is 6.07 Å². The van der Waals surface area contributed by atoms with Gasteiger partial charge in [-0.1, -0.05) is 103 Å². The molecule has 37 heavy (non-hydrogen) atoms. The molecular weight excluding hydrogens is 541 g/mol. The van der Waals surface area contributed by atoms with Crippen LogP contribution in [0.4, 0.5) is 13.2 Å². The number of hydrogen-bond acceptors (Lipinski definition) is 2. The maximum absolute atomic E-state index is 12.6. The van der Waals surface area contributed by atoms with E-state index in [2.05, 4.69) is 23.6 Å². The van der Waals surface area contributed by atoms with E-state index in [-0.39, 0.29) is 22.7 Å². The van der Waals surface area contributed by atoms with Gasteiger partial charge in [-0.25, -0.2) is 0 Å². The van der Waals surface area contributed by atoms with Crippen LogP contribution >= 0.6 is 0 Å². The molecule has 1 aliphatic heterocycles. The average molecular weight is 594 g/mol. The van der Waals surface area contributed by atoms with Gasteiger partial charge in [-0.15, -0.1) is 13.2 Å². The Labute approximate surface area is 235 Å². The van der Waals surface area contributed by atoms with Crippen LogP contribution in [0.5, 0.6) is 5.75 Å². The third-order valence-electron chi connectivity index (χ3n) is 7.65. The quantitative estimate of drug-likeness (QED) is 0.160. The number of nitrogens with zero attached hydrogens (tertiary/aromatic N) is 2. The van der Waals surface area contributed by atoms with Crippen LogP contribution in [0, 0.1) is 0 Å². The highest BCUT2D eigenvalue weighted by Gasteiger charge is 2.31. The minimum Gasteiger partial charge on any atom is -1.00 e. The Hall–Kier alpha value is -0.790. The average Bonchev–Trinajstić information content (AvgIpc) is 2.99. The van der Waals surface area contributed by atoms with Crippen LogP contribution in [-0.4, -0.2) is 55.5 Å². The minimum atomic E-state index is -4.65. The molecule has 0 saturated carbocycles. The number of hydrogen-bond donors (Lipinski definition) is 0. The predicted octanol–water partition coefficient (Wildman–Crippen LogP) is 5.72. The summed E-state index contributed by atoms with van der Waals surface area (Å²) in [5.74, 6) is -0.124. The summed E-state index contributed by atoms with van der Waals surface area (Å²) >= 11 is 0. The smallest absolute Gasteiger partial charge is 0.573 e. The third-order valence-corrected chi connectivity index (χ3v) is 7.65. The fourth-order valence-electron chi connectivity index (χ4n) is 5.48. The van der Waals surface area contributed by atoms with Gasteiger partial charge in [-0.2, -0.15) is 0 Å². The molecule has 1 saturated heterocycles. The molecule has 1 fully saturated rings. The molecular formula is C30H52BrF3N2O. The van der Waals surface area contributed by atoms with Gasteiger partial charge < -0.3 is 26.2 Å². The molecule has 216 valence electrons. The molecule has 3 nitrogen and oxygen atoms in total. The van der Waals surface area contributed by atoms with Crippen molar-refractivity contribution in [2.24, 2.45) is 0 Å². The maximum Gasteiger partial charge on any atom is 0.573 e. The molecule has 0 N–H and O–H groups in total. The zero-order valence-corrected chi connectivity index (χ0v) is 25.1. The number of likely N-dealkylation sites (N-methyl/N-ethyl adjacent to an activating group) is 1. The van der Waals surface area contributed by atoms with E-state index in [4.69, 9.17) is 0 Å². The summed E-state index contributed by atoms with van der Waals surface area (Å²) in [7, 11) is 2.23. The maximum atomic E-state index is 12.6. The van der Waals surface area contributed by atoms with E-state index in [1.807, 2.05) is 6.07 Å². The summed E-state index contributed by atoms with van der Waals surface area (Å²) in [5.41, 5.74) is 0.902. The van der Waals surface area contributed by atoms with Gasteiger partial charge in [-0.05, 0) is 25.1 Å². The summed E-state index contributed by atoms with van der Waals surface area (Å²) < 4.78 is 42.6. The Balaban J connectivity index is 0.00000684. The van der Waals surface area contributed by atoms with E-state index in [9.17, 15) is 13.2 Å². The Morgan fingerprint density at radius 1 is 0.811 bits per heavy atom. The summed E-state index contributed by atoms with van der Waals surface area (Å²) in [5, 5.41) is 0. The first-order valence-corrected chi connectivity index (χ1v) is 14.7. The van der Waals surface area contributed by atoms with Gasteiger partial charge in [0.15, 0.2) is 0 Å². The molecule has 0 bridgehead atoms. The number of ether oxygens (including phenoxy) is 1. The molecule has 0 radical (unpaired) electrons. The van der Waals surface area contributed by atoms with Gasteiger partial charge >= 0.3 is 6.36 Å². The lowest BCUT2D eigenvalue weighted by molar-refractivity contribution is -0.920. The molecule has 0 aliphatic carbocycles. The van der Waals surface area contributed by atoms with Crippen molar-refractivity contribution < 1.29 is 39.4 Å². The summed E-state index contributed by atoms with van der Waals surface area (Å²) in [6.07, 6.45) is 15.9. The summed E-state index contributed by atoms with van der Waals surface area (Å²) in [6, 6.07) is 6.47. The van der Waals surface area contributed by atoms with Crippen molar-refractivity contribution in [1.82, 2.24) is 4.90 Å². The van der Waals surface area contributed by atoms with Crippen LogP contribution in [0.15, 0.2) is 24.3 Å². The van der Waals surface area contributed by atoms with Crippen LogP contribution in [-0.2, 0) is 6.54 Å². The fraction of sp³-hybridized carbons (Fsp3) is 0.800. The molecule has 0 spiro atoms. The van der Waals surface area contributed by atoms with Crippen molar-refractivity contribution >= 4 is 0 Å². The zero-order valence-electron chi connectivity index (χ0n) is 23.5.